The lowest BCUT2D eigenvalue weighted by Gasteiger charge is -2.04. The van der Waals surface area contributed by atoms with E-state index in [4.69, 9.17) is 0 Å². The van der Waals surface area contributed by atoms with E-state index in [0.29, 0.717) is 0 Å². The second-order valence-corrected chi connectivity index (χ2v) is 4.51. The Hall–Kier alpha value is -2.09. The van der Waals surface area contributed by atoms with Gasteiger partial charge in [-0.15, -0.1) is 0 Å². The average molecular weight is 236 g/mol. The smallest absolute Gasteiger partial charge is 0.0666 e. The highest BCUT2D eigenvalue weighted by atomic mass is 14.9. The van der Waals surface area contributed by atoms with Crippen LogP contribution in [0.1, 0.15) is 17.7 Å². The molecule has 2 heterocycles. The summed E-state index contributed by atoms with van der Waals surface area (Å²) < 4.78 is 2.13. The van der Waals surface area contributed by atoms with Gasteiger partial charge in [-0.1, -0.05) is 30.3 Å². The fraction of sp³-hybridized carbons (Fsp3) is 0.188. The summed E-state index contributed by atoms with van der Waals surface area (Å²) in [7, 11) is 0. The fourth-order valence-corrected chi connectivity index (χ4v) is 2.33. The van der Waals surface area contributed by atoms with Crippen LogP contribution >= 0.6 is 0 Å². The van der Waals surface area contributed by atoms with Crippen molar-refractivity contribution < 1.29 is 0 Å². The maximum Gasteiger partial charge on any atom is 0.0666 e. The number of rotatable bonds is 4. The number of nitrogens with zero attached hydrogens (tertiary/aromatic N) is 2. The van der Waals surface area contributed by atoms with Crippen molar-refractivity contribution in [1.29, 1.82) is 0 Å². The molecule has 2 heteroatoms. The highest BCUT2D eigenvalue weighted by Crippen LogP contribution is 2.12. The van der Waals surface area contributed by atoms with Crippen LogP contribution in [0.2, 0.25) is 0 Å². The zero-order chi connectivity index (χ0) is 12.2. The molecule has 0 unspecified atom stereocenters. The quantitative estimate of drug-likeness (QED) is 0.677. The average Bonchev–Trinajstić information content (AvgIpc) is 2.89. The van der Waals surface area contributed by atoms with Crippen LogP contribution in [0.5, 0.6) is 0 Å². The molecule has 3 rings (SSSR count). The van der Waals surface area contributed by atoms with Crippen molar-refractivity contribution in [2.24, 2.45) is 0 Å². The summed E-state index contributed by atoms with van der Waals surface area (Å²) in [5, 5.41) is 0. The molecular formula is C16H16N2. The van der Waals surface area contributed by atoms with Gasteiger partial charge in [0, 0.05) is 18.6 Å². The molecule has 3 aromatic rings. The molecule has 0 radical (unpaired) electrons. The topological polar surface area (TPSA) is 17.3 Å². The Balaban J connectivity index is 1.68. The lowest BCUT2D eigenvalue weighted by Crippen LogP contribution is -1.96. The van der Waals surface area contributed by atoms with E-state index in [2.05, 4.69) is 58.0 Å². The monoisotopic (exact) mass is 236 g/mol. The van der Waals surface area contributed by atoms with Gasteiger partial charge in [0.25, 0.3) is 0 Å². The van der Waals surface area contributed by atoms with Crippen LogP contribution in [0.4, 0.5) is 0 Å². The molecule has 18 heavy (non-hydrogen) atoms. The number of aryl methyl sites for hydroxylation is 2. The third kappa shape index (κ3) is 2.28. The molecule has 0 N–H and O–H groups in total. The largest absolute Gasteiger partial charge is 0.321 e. The third-order valence-electron chi connectivity index (χ3n) is 3.25. The number of benzene rings is 1. The minimum atomic E-state index is 1.03. The Morgan fingerprint density at radius 2 is 1.78 bits per heavy atom. The van der Waals surface area contributed by atoms with E-state index >= 15 is 0 Å². The molecule has 0 fully saturated rings. The molecule has 2 aromatic heterocycles. The summed E-state index contributed by atoms with van der Waals surface area (Å²) in [5.74, 6) is 0. The molecule has 0 aliphatic heterocycles. The van der Waals surface area contributed by atoms with Crippen LogP contribution in [-0.2, 0) is 12.8 Å². The number of fused-ring (bicyclic) bond motifs is 1. The molecule has 1 aromatic carbocycles. The predicted molar refractivity (Wildman–Crippen MR) is 73.7 cm³/mol. The second kappa shape index (κ2) is 5.05. The first kappa shape index (κ1) is 11.0. The van der Waals surface area contributed by atoms with Crippen LogP contribution in [-0.4, -0.2) is 9.38 Å². The lowest BCUT2D eigenvalue weighted by molar-refractivity contribution is 0.799. The molecule has 0 saturated heterocycles. The first-order valence-corrected chi connectivity index (χ1v) is 6.38. The maximum absolute atomic E-state index is 4.49. The Labute approximate surface area is 107 Å². The van der Waals surface area contributed by atoms with E-state index in [1.54, 1.807) is 0 Å². The van der Waals surface area contributed by atoms with Crippen LogP contribution in [0.25, 0.3) is 5.52 Å². The zero-order valence-corrected chi connectivity index (χ0v) is 10.3. The van der Waals surface area contributed by atoms with Crippen LogP contribution in [0, 0.1) is 0 Å². The summed E-state index contributed by atoms with van der Waals surface area (Å²) in [6, 6.07) is 14.8. The Morgan fingerprint density at radius 1 is 0.889 bits per heavy atom. The highest BCUT2D eigenvalue weighted by molar-refractivity contribution is 5.51. The van der Waals surface area contributed by atoms with Crippen LogP contribution < -0.4 is 0 Å². The number of hydrogen-bond donors (Lipinski definition) is 0. The molecular weight excluding hydrogens is 220 g/mol. The minimum Gasteiger partial charge on any atom is -0.321 e. The lowest BCUT2D eigenvalue weighted by atomic mass is 10.1. The van der Waals surface area contributed by atoms with Crippen LogP contribution in [0.15, 0.2) is 61.1 Å². The van der Waals surface area contributed by atoms with Crippen molar-refractivity contribution in [1.82, 2.24) is 9.38 Å². The molecule has 0 saturated carbocycles. The summed E-state index contributed by atoms with van der Waals surface area (Å²) in [6.07, 6.45) is 9.23. The minimum absolute atomic E-state index is 1.03. The van der Waals surface area contributed by atoms with E-state index in [1.807, 2.05) is 12.4 Å². The second-order valence-electron chi connectivity index (χ2n) is 4.51. The molecule has 2 nitrogen and oxygen atoms in total. The van der Waals surface area contributed by atoms with Gasteiger partial charge in [0.2, 0.25) is 0 Å². The Kier molecular flexibility index (Phi) is 3.09. The SMILES string of the molecule is c1ccc(CCCc2nccn3cccc23)cc1. The van der Waals surface area contributed by atoms with Gasteiger partial charge >= 0.3 is 0 Å². The van der Waals surface area contributed by atoms with Gasteiger partial charge in [0.1, 0.15) is 0 Å². The van der Waals surface area contributed by atoms with Crippen molar-refractivity contribution in [3.8, 4) is 0 Å². The standard InChI is InChI=1S/C16H16N2/c1-2-6-14(7-3-1)8-4-9-15-16-10-5-12-18(16)13-11-17-15/h1-3,5-7,10-13H,4,8-9H2. The molecule has 0 bridgehead atoms. The van der Waals surface area contributed by atoms with Gasteiger partial charge in [-0.2, -0.15) is 0 Å². The summed E-state index contributed by atoms with van der Waals surface area (Å²) in [6.45, 7) is 0. The van der Waals surface area contributed by atoms with Gasteiger partial charge in [-0.05, 0) is 37.0 Å². The zero-order valence-electron chi connectivity index (χ0n) is 10.3. The van der Waals surface area contributed by atoms with Crippen molar-refractivity contribution >= 4 is 5.52 Å². The summed E-state index contributed by atoms with van der Waals surface area (Å²) in [4.78, 5) is 4.49. The fourth-order valence-electron chi connectivity index (χ4n) is 2.33. The van der Waals surface area contributed by atoms with Gasteiger partial charge < -0.3 is 4.40 Å². The van der Waals surface area contributed by atoms with E-state index in [0.717, 1.165) is 19.3 Å². The van der Waals surface area contributed by atoms with E-state index < -0.39 is 0 Å². The van der Waals surface area contributed by atoms with E-state index in [1.165, 1.54) is 16.8 Å². The predicted octanol–water partition coefficient (Wildman–Crippen LogP) is 3.51. The molecule has 0 spiro atoms. The first-order chi connectivity index (χ1) is 8.93. The van der Waals surface area contributed by atoms with Gasteiger partial charge in [-0.25, -0.2) is 0 Å². The van der Waals surface area contributed by atoms with Crippen molar-refractivity contribution in [2.45, 2.75) is 19.3 Å². The summed E-state index contributed by atoms with van der Waals surface area (Å²) in [5.41, 5.74) is 3.82. The van der Waals surface area contributed by atoms with Gasteiger partial charge in [0.15, 0.2) is 0 Å². The number of aromatic nitrogens is 2. The van der Waals surface area contributed by atoms with Crippen molar-refractivity contribution in [3.63, 3.8) is 0 Å². The third-order valence-corrected chi connectivity index (χ3v) is 3.25. The normalized spacial score (nSPS) is 10.9. The number of hydrogen-bond acceptors (Lipinski definition) is 1. The Morgan fingerprint density at radius 3 is 2.67 bits per heavy atom. The molecule has 0 aliphatic rings. The van der Waals surface area contributed by atoms with Gasteiger partial charge in [-0.3, -0.25) is 4.98 Å². The maximum atomic E-state index is 4.49. The van der Waals surface area contributed by atoms with E-state index in [-0.39, 0.29) is 0 Å². The Bertz CT molecular complexity index is 626. The molecule has 0 amide bonds. The summed E-state index contributed by atoms with van der Waals surface area (Å²) >= 11 is 0. The molecule has 0 atom stereocenters. The molecule has 0 aliphatic carbocycles. The van der Waals surface area contributed by atoms with Crippen molar-refractivity contribution in [2.75, 3.05) is 0 Å². The molecule has 90 valence electrons. The van der Waals surface area contributed by atoms with Crippen LogP contribution in [0.3, 0.4) is 0 Å². The van der Waals surface area contributed by atoms with Gasteiger partial charge in [0.05, 0.1) is 11.2 Å². The first-order valence-electron chi connectivity index (χ1n) is 6.38. The highest BCUT2D eigenvalue weighted by Gasteiger charge is 2.02. The van der Waals surface area contributed by atoms with E-state index in [9.17, 15) is 0 Å². The van der Waals surface area contributed by atoms with Crippen molar-refractivity contribution in [3.05, 3.63) is 72.3 Å².